The molecule has 3 aromatic carbocycles. The van der Waals surface area contributed by atoms with Crippen LogP contribution < -0.4 is 4.74 Å². The molecule has 0 heterocycles. The van der Waals surface area contributed by atoms with Crippen molar-refractivity contribution < 1.29 is 19.4 Å². The van der Waals surface area contributed by atoms with Gasteiger partial charge in [-0.2, -0.15) is 0 Å². The van der Waals surface area contributed by atoms with Gasteiger partial charge in [-0.25, -0.2) is 4.79 Å². The summed E-state index contributed by atoms with van der Waals surface area (Å²) in [6.45, 7) is 0.425. The number of carbonyl (C=O) groups is 1. The van der Waals surface area contributed by atoms with Crippen LogP contribution in [0.25, 0.3) is 21.9 Å². The SMILES string of the molecule is C#CCOC#CCOc1ccc(-c2ccc3cc(C(=O)O)ccc3c2)cc1C12CC3CC(CC(C3)C1)C2. The number of rotatable bonds is 6. The fourth-order valence-electron chi connectivity index (χ4n) is 7.52. The van der Waals surface area contributed by atoms with Crippen LogP contribution in [0.15, 0.2) is 54.6 Å². The zero-order valence-corrected chi connectivity index (χ0v) is 20.8. The third kappa shape index (κ3) is 4.54. The van der Waals surface area contributed by atoms with Crippen LogP contribution in [0.4, 0.5) is 0 Å². The lowest BCUT2D eigenvalue weighted by atomic mass is 9.48. The highest BCUT2D eigenvalue weighted by Gasteiger charge is 2.52. The third-order valence-corrected chi connectivity index (χ3v) is 8.61. The topological polar surface area (TPSA) is 55.8 Å². The van der Waals surface area contributed by atoms with Crippen LogP contribution in [-0.4, -0.2) is 24.3 Å². The maximum Gasteiger partial charge on any atom is 0.335 e. The lowest BCUT2D eigenvalue weighted by molar-refractivity contribution is -0.00624. The van der Waals surface area contributed by atoms with Crippen LogP contribution in [0.1, 0.15) is 54.4 Å². The Balaban J connectivity index is 1.36. The number of terminal acetylenes is 1. The molecule has 0 amide bonds. The Morgan fingerprint density at radius 3 is 2.24 bits per heavy atom. The predicted octanol–water partition coefficient (Wildman–Crippen LogP) is 6.66. The van der Waals surface area contributed by atoms with Gasteiger partial charge in [0.05, 0.1) is 5.56 Å². The van der Waals surface area contributed by atoms with Gasteiger partial charge in [-0.05, 0) is 120 Å². The first-order chi connectivity index (χ1) is 18.0. The van der Waals surface area contributed by atoms with Crippen LogP contribution in [-0.2, 0) is 10.2 Å². The summed E-state index contributed by atoms with van der Waals surface area (Å²) in [5.41, 5.74) is 4.07. The Morgan fingerprint density at radius 2 is 1.54 bits per heavy atom. The van der Waals surface area contributed by atoms with Crippen molar-refractivity contribution in [3.8, 4) is 41.2 Å². The van der Waals surface area contributed by atoms with Crippen molar-refractivity contribution >= 4 is 16.7 Å². The molecule has 1 N–H and O–H groups in total. The van der Waals surface area contributed by atoms with Gasteiger partial charge in [0.15, 0.2) is 13.2 Å². The minimum atomic E-state index is -0.908. The monoisotopic (exact) mass is 490 g/mol. The number of fused-ring (bicyclic) bond motifs is 1. The van der Waals surface area contributed by atoms with Gasteiger partial charge in [-0.1, -0.05) is 30.2 Å². The van der Waals surface area contributed by atoms with Gasteiger partial charge >= 0.3 is 5.97 Å². The molecule has 0 spiro atoms. The molecule has 4 fully saturated rings. The largest absolute Gasteiger partial charge is 0.481 e. The molecular formula is C33H30O4. The van der Waals surface area contributed by atoms with Crippen LogP contribution in [0, 0.1) is 42.1 Å². The number of benzene rings is 3. The summed E-state index contributed by atoms with van der Waals surface area (Å²) in [6.07, 6.45) is 15.7. The molecule has 37 heavy (non-hydrogen) atoms. The first-order valence-corrected chi connectivity index (χ1v) is 13.1. The maximum absolute atomic E-state index is 11.4. The van der Waals surface area contributed by atoms with Crippen molar-refractivity contribution in [2.75, 3.05) is 13.2 Å². The van der Waals surface area contributed by atoms with Gasteiger partial charge in [0.2, 0.25) is 0 Å². The quantitative estimate of drug-likeness (QED) is 0.310. The number of carboxylic acids is 1. The Bertz CT molecular complexity index is 1430. The molecule has 7 rings (SSSR count). The van der Waals surface area contributed by atoms with E-state index < -0.39 is 5.97 Å². The summed E-state index contributed by atoms with van der Waals surface area (Å²) in [5, 5.41) is 11.3. The molecule has 4 bridgehead atoms. The van der Waals surface area contributed by atoms with E-state index >= 15 is 0 Å². The van der Waals surface area contributed by atoms with Gasteiger partial charge in [-0.15, -0.1) is 6.42 Å². The zero-order valence-electron chi connectivity index (χ0n) is 20.8. The minimum absolute atomic E-state index is 0.167. The smallest absolute Gasteiger partial charge is 0.335 e. The minimum Gasteiger partial charge on any atom is -0.481 e. The van der Waals surface area contributed by atoms with Crippen molar-refractivity contribution in [3.63, 3.8) is 0 Å². The summed E-state index contributed by atoms with van der Waals surface area (Å²) >= 11 is 0. The van der Waals surface area contributed by atoms with E-state index in [0.29, 0.717) is 5.56 Å². The van der Waals surface area contributed by atoms with Crippen molar-refractivity contribution in [2.24, 2.45) is 17.8 Å². The molecule has 4 heteroatoms. The molecule has 4 aliphatic rings. The first-order valence-electron chi connectivity index (χ1n) is 13.1. The lowest BCUT2D eigenvalue weighted by Crippen LogP contribution is -2.48. The van der Waals surface area contributed by atoms with E-state index in [4.69, 9.17) is 15.9 Å². The molecule has 0 saturated heterocycles. The van der Waals surface area contributed by atoms with Crippen LogP contribution >= 0.6 is 0 Å². The Labute approximate surface area is 218 Å². The number of carboxylic acid groups (broad SMARTS) is 1. The fourth-order valence-corrected chi connectivity index (χ4v) is 7.52. The second-order valence-corrected chi connectivity index (χ2v) is 11.1. The van der Waals surface area contributed by atoms with E-state index in [0.717, 1.165) is 45.4 Å². The van der Waals surface area contributed by atoms with Crippen molar-refractivity contribution in [1.82, 2.24) is 0 Å². The number of ether oxygens (including phenoxy) is 2. The van der Waals surface area contributed by atoms with Crippen LogP contribution in [0.5, 0.6) is 5.75 Å². The van der Waals surface area contributed by atoms with E-state index in [1.807, 2.05) is 12.1 Å². The number of aromatic carboxylic acids is 1. The van der Waals surface area contributed by atoms with Crippen molar-refractivity contribution in [3.05, 3.63) is 65.7 Å². The molecule has 4 nitrogen and oxygen atoms in total. The number of hydrogen-bond acceptors (Lipinski definition) is 3. The molecule has 186 valence electrons. The van der Waals surface area contributed by atoms with Gasteiger partial charge in [0.1, 0.15) is 11.9 Å². The van der Waals surface area contributed by atoms with Gasteiger partial charge in [0, 0.05) is 5.56 Å². The second kappa shape index (κ2) is 9.53. The van der Waals surface area contributed by atoms with Crippen LogP contribution in [0.2, 0.25) is 0 Å². The van der Waals surface area contributed by atoms with E-state index in [1.54, 1.807) is 12.1 Å². The summed E-state index contributed by atoms with van der Waals surface area (Å²) < 4.78 is 11.3. The number of hydrogen-bond donors (Lipinski definition) is 1. The molecule has 3 aromatic rings. The predicted molar refractivity (Wildman–Crippen MR) is 144 cm³/mol. The van der Waals surface area contributed by atoms with E-state index in [-0.39, 0.29) is 18.6 Å². The second-order valence-electron chi connectivity index (χ2n) is 11.1. The highest BCUT2D eigenvalue weighted by atomic mass is 16.5. The third-order valence-electron chi connectivity index (χ3n) is 8.61. The summed E-state index contributed by atoms with van der Waals surface area (Å²) in [4.78, 5) is 11.4. The standard InChI is InChI=1S/C33H30O4/c1-2-10-36-11-3-12-37-31-9-8-28(26-4-5-27-17-29(32(34)35)7-6-25(27)16-26)18-30(31)33-19-22-13-23(20-33)15-24(14-22)21-33/h1,4-9,16-18,22-24H,10,12-15,19-21H2,(H,34,35). The summed E-state index contributed by atoms with van der Waals surface area (Å²) in [5.74, 6) is 7.81. The molecule has 4 saturated carbocycles. The average molecular weight is 491 g/mol. The first kappa shape index (κ1) is 23.5. The molecular weight excluding hydrogens is 460 g/mol. The van der Waals surface area contributed by atoms with Crippen molar-refractivity contribution in [2.45, 2.75) is 43.9 Å². The van der Waals surface area contributed by atoms with E-state index in [2.05, 4.69) is 48.3 Å². The Hall–Kier alpha value is -3.89. The van der Waals surface area contributed by atoms with E-state index in [1.165, 1.54) is 44.1 Å². The highest BCUT2D eigenvalue weighted by Crippen LogP contribution is 2.62. The molecule has 0 unspecified atom stereocenters. The molecule has 0 aliphatic heterocycles. The zero-order chi connectivity index (χ0) is 25.4. The van der Waals surface area contributed by atoms with Gasteiger partial charge in [0.25, 0.3) is 0 Å². The van der Waals surface area contributed by atoms with Crippen LogP contribution in [0.3, 0.4) is 0 Å². The molecule has 0 radical (unpaired) electrons. The molecule has 0 atom stereocenters. The molecule has 4 aliphatic carbocycles. The average Bonchev–Trinajstić information content (AvgIpc) is 2.89. The van der Waals surface area contributed by atoms with E-state index in [9.17, 15) is 9.90 Å². The summed E-state index contributed by atoms with van der Waals surface area (Å²) in [7, 11) is 0. The van der Waals surface area contributed by atoms with Gasteiger partial charge < -0.3 is 14.6 Å². The van der Waals surface area contributed by atoms with Crippen molar-refractivity contribution in [1.29, 1.82) is 0 Å². The van der Waals surface area contributed by atoms with Gasteiger partial charge in [-0.3, -0.25) is 0 Å². The normalized spacial score (nSPS) is 25.2. The highest BCUT2D eigenvalue weighted by molar-refractivity contribution is 5.95. The lowest BCUT2D eigenvalue weighted by Gasteiger charge is -2.57. The fraction of sp³-hybridized carbons (Fsp3) is 0.364. The Kier molecular flexibility index (Phi) is 6.05. The molecule has 0 aromatic heterocycles. The Morgan fingerprint density at radius 1 is 0.892 bits per heavy atom. The summed E-state index contributed by atoms with van der Waals surface area (Å²) in [6, 6.07) is 18.1. The maximum atomic E-state index is 11.4.